The van der Waals surface area contributed by atoms with Crippen LogP contribution >= 0.6 is 11.3 Å². The van der Waals surface area contributed by atoms with Crippen LogP contribution in [0.15, 0.2) is 17.8 Å². The summed E-state index contributed by atoms with van der Waals surface area (Å²) in [5, 5.41) is 12.8. The van der Waals surface area contributed by atoms with Gasteiger partial charge in [0.2, 0.25) is 5.82 Å². The van der Waals surface area contributed by atoms with Crippen molar-refractivity contribution >= 4 is 22.8 Å². The first-order valence-corrected chi connectivity index (χ1v) is 5.28. The number of aryl methyl sites for hydroxylation is 1. The molecule has 2 aromatic heterocycles. The molecule has 0 saturated heterocycles. The number of anilines is 1. The third-order valence-corrected chi connectivity index (χ3v) is 3.13. The molecule has 0 aliphatic carbocycles. The molecule has 0 spiro atoms. The summed E-state index contributed by atoms with van der Waals surface area (Å²) in [5.74, 6) is -0.109. The van der Waals surface area contributed by atoms with Crippen LogP contribution in [0.3, 0.4) is 0 Å². The summed E-state index contributed by atoms with van der Waals surface area (Å²) in [6.07, 6.45) is 1.23. The molecular weight excluding hydrogens is 228 g/mol. The summed E-state index contributed by atoms with van der Waals surface area (Å²) in [6, 6.07) is 1.88. The number of rotatable bonds is 2. The van der Waals surface area contributed by atoms with Crippen molar-refractivity contribution in [3.05, 3.63) is 33.5 Å². The molecule has 2 aromatic rings. The predicted octanol–water partition coefficient (Wildman–Crippen LogP) is 2.00. The van der Waals surface area contributed by atoms with E-state index in [1.807, 2.05) is 18.4 Å². The van der Waals surface area contributed by atoms with Gasteiger partial charge in [-0.3, -0.25) is 10.1 Å². The Morgan fingerprint density at radius 3 is 2.81 bits per heavy atom. The van der Waals surface area contributed by atoms with Crippen LogP contribution in [0.5, 0.6) is 0 Å². The van der Waals surface area contributed by atoms with Crippen LogP contribution in [0.4, 0.5) is 11.5 Å². The van der Waals surface area contributed by atoms with E-state index in [-0.39, 0.29) is 17.2 Å². The first-order chi connectivity index (χ1) is 7.61. The molecule has 2 rings (SSSR count). The minimum Gasteiger partial charge on any atom is -0.378 e. The van der Waals surface area contributed by atoms with Crippen molar-refractivity contribution in [1.82, 2.24) is 9.97 Å². The van der Waals surface area contributed by atoms with Gasteiger partial charge in [0, 0.05) is 0 Å². The standard InChI is InChI=1S/C9H8N4O2S/c1-5-2-3-16-8(5)6-7(13(14)15)9(10)12-4-11-6/h2-4H,1H3,(H2,10,11,12). The van der Waals surface area contributed by atoms with E-state index in [0.717, 1.165) is 10.4 Å². The van der Waals surface area contributed by atoms with Gasteiger partial charge in [-0.1, -0.05) is 0 Å². The lowest BCUT2D eigenvalue weighted by molar-refractivity contribution is -0.383. The van der Waals surface area contributed by atoms with Crippen molar-refractivity contribution in [3.63, 3.8) is 0 Å². The molecule has 7 heteroatoms. The van der Waals surface area contributed by atoms with Gasteiger partial charge in [-0.05, 0) is 23.9 Å². The van der Waals surface area contributed by atoms with E-state index in [0.29, 0.717) is 0 Å². The normalized spacial score (nSPS) is 10.3. The van der Waals surface area contributed by atoms with Crippen LogP contribution in [0, 0.1) is 17.0 Å². The Bertz CT molecular complexity index is 552. The maximum Gasteiger partial charge on any atom is 0.338 e. The summed E-state index contributed by atoms with van der Waals surface area (Å²) in [4.78, 5) is 18.7. The molecule has 2 N–H and O–H groups in total. The lowest BCUT2D eigenvalue weighted by Crippen LogP contribution is -2.02. The first kappa shape index (κ1) is 10.5. The molecule has 0 radical (unpaired) electrons. The van der Waals surface area contributed by atoms with Gasteiger partial charge in [0.25, 0.3) is 0 Å². The molecule has 0 unspecified atom stereocenters. The number of nitrogens with two attached hydrogens (primary N) is 1. The van der Waals surface area contributed by atoms with Crippen LogP contribution in [0.2, 0.25) is 0 Å². The number of hydrogen-bond donors (Lipinski definition) is 1. The van der Waals surface area contributed by atoms with Crippen molar-refractivity contribution in [2.45, 2.75) is 6.92 Å². The Morgan fingerprint density at radius 1 is 1.50 bits per heavy atom. The molecule has 0 atom stereocenters. The van der Waals surface area contributed by atoms with Gasteiger partial charge < -0.3 is 5.73 Å². The van der Waals surface area contributed by atoms with E-state index in [1.54, 1.807) is 0 Å². The molecule has 0 bridgehead atoms. The number of aromatic nitrogens is 2. The highest BCUT2D eigenvalue weighted by molar-refractivity contribution is 7.13. The zero-order chi connectivity index (χ0) is 11.7. The fourth-order valence-corrected chi connectivity index (χ4v) is 2.28. The van der Waals surface area contributed by atoms with Crippen molar-refractivity contribution in [3.8, 4) is 10.6 Å². The van der Waals surface area contributed by atoms with Crippen LogP contribution < -0.4 is 5.73 Å². The third-order valence-electron chi connectivity index (χ3n) is 2.11. The molecular formula is C9H8N4O2S. The van der Waals surface area contributed by atoms with Crippen molar-refractivity contribution in [1.29, 1.82) is 0 Å². The Balaban J connectivity index is 2.70. The lowest BCUT2D eigenvalue weighted by Gasteiger charge is -2.02. The highest BCUT2D eigenvalue weighted by atomic mass is 32.1. The quantitative estimate of drug-likeness (QED) is 0.635. The van der Waals surface area contributed by atoms with Gasteiger partial charge in [-0.25, -0.2) is 9.97 Å². The second-order valence-corrected chi connectivity index (χ2v) is 4.06. The maximum atomic E-state index is 10.9. The number of nitrogen functional groups attached to an aromatic ring is 1. The minimum absolute atomic E-state index is 0.109. The van der Waals surface area contributed by atoms with Gasteiger partial charge in [0.05, 0.1) is 9.80 Å². The Kier molecular flexibility index (Phi) is 2.53. The van der Waals surface area contributed by atoms with Crippen molar-refractivity contribution in [2.75, 3.05) is 5.73 Å². The van der Waals surface area contributed by atoms with E-state index in [1.165, 1.54) is 17.7 Å². The molecule has 16 heavy (non-hydrogen) atoms. The monoisotopic (exact) mass is 236 g/mol. The minimum atomic E-state index is -0.552. The highest BCUT2D eigenvalue weighted by Crippen LogP contribution is 2.35. The first-order valence-electron chi connectivity index (χ1n) is 4.40. The van der Waals surface area contributed by atoms with Gasteiger partial charge in [-0.15, -0.1) is 11.3 Å². The number of nitrogens with zero attached hydrogens (tertiary/aromatic N) is 3. The van der Waals surface area contributed by atoms with E-state index in [9.17, 15) is 10.1 Å². The summed E-state index contributed by atoms with van der Waals surface area (Å²) in [7, 11) is 0. The summed E-state index contributed by atoms with van der Waals surface area (Å²) < 4.78 is 0. The average Bonchev–Trinajstić information content (AvgIpc) is 2.63. The largest absolute Gasteiger partial charge is 0.378 e. The molecule has 82 valence electrons. The van der Waals surface area contributed by atoms with Gasteiger partial charge >= 0.3 is 5.69 Å². The van der Waals surface area contributed by atoms with E-state index in [4.69, 9.17) is 5.73 Å². The van der Waals surface area contributed by atoms with Crippen LogP contribution in [-0.4, -0.2) is 14.9 Å². The molecule has 6 nitrogen and oxygen atoms in total. The number of thiophene rings is 1. The van der Waals surface area contributed by atoms with Gasteiger partial charge in [0.1, 0.15) is 6.33 Å². The topological polar surface area (TPSA) is 94.9 Å². The summed E-state index contributed by atoms with van der Waals surface area (Å²) >= 11 is 1.39. The summed E-state index contributed by atoms with van der Waals surface area (Å²) in [5.41, 5.74) is 6.48. The lowest BCUT2D eigenvalue weighted by atomic mass is 10.2. The molecule has 0 fully saturated rings. The van der Waals surface area contributed by atoms with Gasteiger partial charge in [-0.2, -0.15) is 0 Å². The Hall–Kier alpha value is -2.02. The zero-order valence-electron chi connectivity index (χ0n) is 8.38. The molecule has 0 aliphatic rings. The smallest absolute Gasteiger partial charge is 0.338 e. The second-order valence-electron chi connectivity index (χ2n) is 3.15. The van der Waals surface area contributed by atoms with Crippen molar-refractivity contribution < 1.29 is 4.92 Å². The third kappa shape index (κ3) is 1.61. The molecule has 0 amide bonds. The second kappa shape index (κ2) is 3.86. The average molecular weight is 236 g/mol. The van der Waals surface area contributed by atoms with E-state index in [2.05, 4.69) is 9.97 Å². The van der Waals surface area contributed by atoms with Crippen molar-refractivity contribution in [2.24, 2.45) is 0 Å². The number of hydrogen-bond acceptors (Lipinski definition) is 6. The van der Waals surface area contributed by atoms with Crippen LogP contribution in [0.1, 0.15) is 5.56 Å². The number of nitro groups is 1. The van der Waals surface area contributed by atoms with Gasteiger partial charge in [0.15, 0.2) is 5.69 Å². The maximum absolute atomic E-state index is 10.9. The Morgan fingerprint density at radius 2 is 2.25 bits per heavy atom. The molecule has 0 aliphatic heterocycles. The predicted molar refractivity (Wildman–Crippen MR) is 61.1 cm³/mol. The highest BCUT2D eigenvalue weighted by Gasteiger charge is 2.23. The Labute approximate surface area is 94.9 Å². The fraction of sp³-hybridized carbons (Fsp3) is 0.111. The van der Waals surface area contributed by atoms with E-state index < -0.39 is 4.92 Å². The summed E-state index contributed by atoms with van der Waals surface area (Å²) in [6.45, 7) is 1.87. The molecule has 0 saturated carbocycles. The van der Waals surface area contributed by atoms with Crippen LogP contribution in [-0.2, 0) is 0 Å². The SMILES string of the molecule is Cc1ccsc1-c1ncnc(N)c1[N+](=O)[O-]. The van der Waals surface area contributed by atoms with E-state index >= 15 is 0 Å². The zero-order valence-corrected chi connectivity index (χ0v) is 9.19. The fourth-order valence-electron chi connectivity index (χ4n) is 1.35. The molecule has 0 aromatic carbocycles. The molecule has 2 heterocycles. The van der Waals surface area contributed by atoms with Crippen LogP contribution in [0.25, 0.3) is 10.6 Å².